The Bertz CT molecular complexity index is 444. The molecule has 0 bridgehead atoms. The second-order valence-corrected chi connectivity index (χ2v) is 5.45. The maximum atomic E-state index is 11.6. The van der Waals surface area contributed by atoms with Gasteiger partial charge in [0.15, 0.2) is 0 Å². The molecule has 0 aliphatic heterocycles. The third kappa shape index (κ3) is 6.93. The molecule has 0 radical (unpaired) electrons. The molecule has 1 rings (SSSR count). The van der Waals surface area contributed by atoms with Crippen LogP contribution in [0.25, 0.3) is 0 Å². The lowest BCUT2D eigenvalue weighted by atomic mass is 9.93. The molecule has 0 aromatic heterocycles. The number of ether oxygens (including phenoxy) is 1. The van der Waals surface area contributed by atoms with Gasteiger partial charge in [0.25, 0.3) is 0 Å². The first-order valence-corrected chi connectivity index (χ1v) is 7.04. The summed E-state index contributed by atoms with van der Waals surface area (Å²) in [4.78, 5) is 11.6. The Hall–Kier alpha value is -1.83. The molecule has 1 aromatic carbocycles. The van der Waals surface area contributed by atoms with Crippen molar-refractivity contribution >= 4 is 5.97 Å². The maximum Gasteiger partial charge on any atom is 0.310 e. The number of carbonyl (C=O) groups excluding carboxylic acids is 1. The molecule has 1 aromatic rings. The first-order valence-electron chi connectivity index (χ1n) is 7.04. The van der Waals surface area contributed by atoms with Crippen LogP contribution in [0.3, 0.4) is 0 Å². The number of hydrogen-bond acceptors (Lipinski definition) is 2. The maximum absolute atomic E-state index is 11.6. The van der Waals surface area contributed by atoms with Crippen molar-refractivity contribution in [2.24, 2.45) is 5.41 Å². The summed E-state index contributed by atoms with van der Waals surface area (Å²) in [5, 5.41) is 0. The number of unbranched alkanes of at least 4 members (excludes halogenated alkanes) is 1. The molecule has 0 aliphatic carbocycles. The van der Waals surface area contributed by atoms with Gasteiger partial charge in [-0.05, 0) is 18.4 Å². The molecule has 108 valence electrons. The minimum absolute atomic E-state index is 0.0317. The van der Waals surface area contributed by atoms with Crippen molar-refractivity contribution in [3.05, 3.63) is 60.7 Å². The lowest BCUT2D eigenvalue weighted by Gasteiger charge is -2.12. The van der Waals surface area contributed by atoms with Gasteiger partial charge in [0.1, 0.15) is 0 Å². The van der Waals surface area contributed by atoms with E-state index in [0.29, 0.717) is 13.0 Å². The van der Waals surface area contributed by atoms with E-state index in [1.165, 1.54) is 0 Å². The van der Waals surface area contributed by atoms with Gasteiger partial charge in [-0.15, -0.1) is 6.58 Å². The highest BCUT2D eigenvalue weighted by atomic mass is 16.5. The number of benzene rings is 1. The lowest BCUT2D eigenvalue weighted by Crippen LogP contribution is -2.08. The first kappa shape index (κ1) is 16.2. The SMILES string of the molecule is C=CC(C)(C)/C=C/CCCOC(=O)Cc1ccccc1. The summed E-state index contributed by atoms with van der Waals surface area (Å²) < 4.78 is 5.21. The minimum Gasteiger partial charge on any atom is -0.465 e. The summed E-state index contributed by atoms with van der Waals surface area (Å²) in [6, 6.07) is 9.65. The van der Waals surface area contributed by atoms with Crippen molar-refractivity contribution in [2.75, 3.05) is 6.61 Å². The second kappa shape index (κ2) is 8.36. The Kier molecular flexibility index (Phi) is 6.78. The van der Waals surface area contributed by atoms with Crippen LogP contribution >= 0.6 is 0 Å². The molecule has 0 N–H and O–H groups in total. The monoisotopic (exact) mass is 272 g/mol. The number of esters is 1. The zero-order valence-electron chi connectivity index (χ0n) is 12.5. The van der Waals surface area contributed by atoms with E-state index < -0.39 is 0 Å². The highest BCUT2D eigenvalue weighted by Crippen LogP contribution is 2.18. The van der Waals surface area contributed by atoms with E-state index in [-0.39, 0.29) is 11.4 Å². The van der Waals surface area contributed by atoms with Crippen LogP contribution in [0, 0.1) is 5.41 Å². The third-order valence-electron chi connectivity index (χ3n) is 3.04. The third-order valence-corrected chi connectivity index (χ3v) is 3.04. The van der Waals surface area contributed by atoms with Crippen molar-refractivity contribution in [1.82, 2.24) is 0 Å². The van der Waals surface area contributed by atoms with Gasteiger partial charge in [-0.25, -0.2) is 0 Å². The van der Waals surface area contributed by atoms with E-state index in [4.69, 9.17) is 4.74 Å². The van der Waals surface area contributed by atoms with Crippen molar-refractivity contribution in [3.63, 3.8) is 0 Å². The van der Waals surface area contributed by atoms with Gasteiger partial charge in [-0.3, -0.25) is 4.79 Å². The lowest BCUT2D eigenvalue weighted by molar-refractivity contribution is -0.142. The average Bonchev–Trinajstić information content (AvgIpc) is 2.44. The predicted molar refractivity (Wildman–Crippen MR) is 83.5 cm³/mol. The van der Waals surface area contributed by atoms with Crippen molar-refractivity contribution in [1.29, 1.82) is 0 Å². The summed E-state index contributed by atoms with van der Waals surface area (Å²) in [5.41, 5.74) is 1.02. The molecule has 0 heterocycles. The van der Waals surface area contributed by atoms with Gasteiger partial charge >= 0.3 is 5.97 Å². The van der Waals surface area contributed by atoms with Gasteiger partial charge in [0.2, 0.25) is 0 Å². The molecule has 0 fully saturated rings. The molecule has 20 heavy (non-hydrogen) atoms. The van der Waals surface area contributed by atoms with Crippen LogP contribution in [0.5, 0.6) is 0 Å². The fraction of sp³-hybridized carbons (Fsp3) is 0.389. The Balaban J connectivity index is 2.15. The van der Waals surface area contributed by atoms with Crippen molar-refractivity contribution in [3.8, 4) is 0 Å². The van der Waals surface area contributed by atoms with Crippen molar-refractivity contribution < 1.29 is 9.53 Å². The quantitative estimate of drug-likeness (QED) is 0.400. The van der Waals surface area contributed by atoms with Gasteiger partial charge in [0.05, 0.1) is 13.0 Å². The average molecular weight is 272 g/mol. The van der Waals surface area contributed by atoms with E-state index >= 15 is 0 Å². The van der Waals surface area contributed by atoms with E-state index in [2.05, 4.69) is 32.6 Å². The molecule has 2 nitrogen and oxygen atoms in total. The molecule has 0 saturated heterocycles. The Morgan fingerprint density at radius 3 is 2.65 bits per heavy atom. The van der Waals surface area contributed by atoms with Crippen molar-refractivity contribution in [2.45, 2.75) is 33.1 Å². The zero-order chi connectivity index (χ0) is 14.8. The van der Waals surface area contributed by atoms with Crippen LogP contribution in [0.15, 0.2) is 55.1 Å². The zero-order valence-corrected chi connectivity index (χ0v) is 12.5. The predicted octanol–water partition coefficient (Wildman–Crippen LogP) is 4.32. The summed E-state index contributed by atoms with van der Waals surface area (Å²) >= 11 is 0. The second-order valence-electron chi connectivity index (χ2n) is 5.45. The summed E-state index contributed by atoms with van der Waals surface area (Å²) in [6.07, 6.45) is 8.28. The van der Waals surface area contributed by atoms with Crippen LogP contribution in [0.1, 0.15) is 32.3 Å². The van der Waals surface area contributed by atoms with E-state index in [0.717, 1.165) is 18.4 Å². The van der Waals surface area contributed by atoms with E-state index in [1.807, 2.05) is 36.4 Å². The minimum atomic E-state index is -0.161. The van der Waals surface area contributed by atoms with Crippen LogP contribution in [0.2, 0.25) is 0 Å². The fourth-order valence-electron chi connectivity index (χ4n) is 1.66. The van der Waals surface area contributed by atoms with Crippen LogP contribution in [-0.4, -0.2) is 12.6 Å². The molecule has 0 saturated carbocycles. The molecule has 0 atom stereocenters. The summed E-state index contributed by atoms with van der Waals surface area (Å²) in [7, 11) is 0. The smallest absolute Gasteiger partial charge is 0.310 e. The molecule has 2 heteroatoms. The highest BCUT2D eigenvalue weighted by Gasteiger charge is 2.06. The van der Waals surface area contributed by atoms with Gasteiger partial charge in [-0.1, -0.05) is 62.4 Å². The Labute approximate surface area is 122 Å². The van der Waals surface area contributed by atoms with Gasteiger partial charge < -0.3 is 4.74 Å². The molecule has 0 aliphatic rings. The normalized spacial score (nSPS) is 11.5. The summed E-state index contributed by atoms with van der Waals surface area (Å²) in [5.74, 6) is -0.161. The first-order chi connectivity index (χ1) is 9.53. The molecular weight excluding hydrogens is 248 g/mol. The van der Waals surface area contributed by atoms with Crippen LogP contribution < -0.4 is 0 Å². The van der Waals surface area contributed by atoms with E-state index in [1.54, 1.807) is 0 Å². The number of allylic oxidation sites excluding steroid dienone is 3. The van der Waals surface area contributed by atoms with Crippen LogP contribution in [-0.2, 0) is 16.0 Å². The Morgan fingerprint density at radius 1 is 1.30 bits per heavy atom. The van der Waals surface area contributed by atoms with E-state index in [9.17, 15) is 4.79 Å². The van der Waals surface area contributed by atoms with Gasteiger partial charge in [0, 0.05) is 5.41 Å². The molecule has 0 amide bonds. The van der Waals surface area contributed by atoms with Crippen LogP contribution in [0.4, 0.5) is 0 Å². The van der Waals surface area contributed by atoms with Gasteiger partial charge in [-0.2, -0.15) is 0 Å². The highest BCUT2D eigenvalue weighted by molar-refractivity contribution is 5.72. The topological polar surface area (TPSA) is 26.3 Å². The Morgan fingerprint density at radius 2 is 2.00 bits per heavy atom. The molecule has 0 unspecified atom stereocenters. The number of hydrogen-bond donors (Lipinski definition) is 0. The number of carbonyl (C=O) groups is 1. The molecular formula is C18H24O2. The standard InChI is InChI=1S/C18H24O2/c1-4-18(2,3)13-9-6-10-14-20-17(19)15-16-11-7-5-8-12-16/h4-5,7-9,11-13H,1,6,10,14-15H2,2-3H3/b13-9+. The summed E-state index contributed by atoms with van der Waals surface area (Å²) in [6.45, 7) is 8.48. The molecule has 0 spiro atoms. The largest absolute Gasteiger partial charge is 0.465 e. The number of rotatable bonds is 8. The fourth-order valence-corrected chi connectivity index (χ4v) is 1.66.